The Morgan fingerprint density at radius 2 is 2.27 bits per heavy atom. The maximum Gasteiger partial charge on any atom is 0.337 e. The number of nitrogen functional groups attached to an aromatic ring is 1. The van der Waals surface area contributed by atoms with Crippen molar-refractivity contribution in [2.45, 2.75) is 0 Å². The van der Waals surface area contributed by atoms with Crippen LogP contribution in [0.15, 0.2) is 30.9 Å². The quantitative estimate of drug-likeness (QED) is 0.696. The van der Waals surface area contributed by atoms with Gasteiger partial charge in [0.1, 0.15) is 12.7 Å². The zero-order valence-electron chi connectivity index (χ0n) is 7.66. The van der Waals surface area contributed by atoms with Crippen LogP contribution in [0.2, 0.25) is 0 Å². The summed E-state index contributed by atoms with van der Waals surface area (Å²) in [6.45, 7) is 0. The first-order valence-electron chi connectivity index (χ1n) is 4.16. The number of rotatable bonds is 2. The van der Waals surface area contributed by atoms with Crippen molar-refractivity contribution in [1.82, 2.24) is 14.8 Å². The van der Waals surface area contributed by atoms with Gasteiger partial charge in [-0.2, -0.15) is 5.10 Å². The van der Waals surface area contributed by atoms with Gasteiger partial charge in [0.15, 0.2) is 0 Å². The summed E-state index contributed by atoms with van der Waals surface area (Å²) in [5, 5.41) is 12.8. The summed E-state index contributed by atoms with van der Waals surface area (Å²) in [6, 6.07) is 4.51. The zero-order valence-corrected chi connectivity index (χ0v) is 7.66. The Morgan fingerprint density at radius 1 is 1.47 bits per heavy atom. The average Bonchev–Trinajstić information content (AvgIpc) is 2.69. The number of hydrogen-bond acceptors (Lipinski definition) is 4. The molecule has 0 aliphatic rings. The van der Waals surface area contributed by atoms with E-state index in [1.165, 1.54) is 35.5 Å². The van der Waals surface area contributed by atoms with Gasteiger partial charge < -0.3 is 10.8 Å². The lowest BCUT2D eigenvalue weighted by Gasteiger charge is -2.05. The number of aromatic carboxylic acids is 1. The molecule has 0 fully saturated rings. The highest BCUT2D eigenvalue weighted by molar-refractivity contribution is 5.92. The topological polar surface area (TPSA) is 94.0 Å². The molecule has 0 bridgehead atoms. The summed E-state index contributed by atoms with van der Waals surface area (Å²) in [6.07, 6.45) is 2.75. The van der Waals surface area contributed by atoms with E-state index in [0.29, 0.717) is 11.4 Å². The third kappa shape index (κ3) is 1.64. The molecule has 6 nitrogen and oxygen atoms in total. The largest absolute Gasteiger partial charge is 0.478 e. The number of aromatic nitrogens is 3. The van der Waals surface area contributed by atoms with Crippen LogP contribution in [0.25, 0.3) is 5.69 Å². The summed E-state index contributed by atoms with van der Waals surface area (Å²) in [4.78, 5) is 14.7. The van der Waals surface area contributed by atoms with Crippen molar-refractivity contribution in [3.63, 3.8) is 0 Å². The lowest BCUT2D eigenvalue weighted by molar-refractivity contribution is 0.0697. The van der Waals surface area contributed by atoms with Crippen LogP contribution in [0, 0.1) is 0 Å². The Hall–Kier alpha value is -2.37. The van der Waals surface area contributed by atoms with Gasteiger partial charge in [0.2, 0.25) is 0 Å². The van der Waals surface area contributed by atoms with Crippen LogP contribution >= 0.6 is 0 Å². The number of nitrogens with zero attached hydrogens (tertiary/aromatic N) is 3. The van der Waals surface area contributed by atoms with Crippen LogP contribution < -0.4 is 5.73 Å². The summed E-state index contributed by atoms with van der Waals surface area (Å²) < 4.78 is 1.36. The molecule has 0 atom stereocenters. The number of hydrogen-bond donors (Lipinski definition) is 2. The minimum Gasteiger partial charge on any atom is -0.478 e. The first kappa shape index (κ1) is 9.20. The van der Waals surface area contributed by atoms with Crippen molar-refractivity contribution in [2.24, 2.45) is 0 Å². The van der Waals surface area contributed by atoms with Crippen molar-refractivity contribution in [1.29, 1.82) is 0 Å². The summed E-state index contributed by atoms with van der Waals surface area (Å²) in [5.41, 5.74) is 6.59. The van der Waals surface area contributed by atoms with Crippen LogP contribution in [0.3, 0.4) is 0 Å². The lowest BCUT2D eigenvalue weighted by atomic mass is 10.1. The number of carboxylic acids is 1. The number of nitrogens with two attached hydrogens (primary N) is 1. The smallest absolute Gasteiger partial charge is 0.337 e. The van der Waals surface area contributed by atoms with Gasteiger partial charge in [-0.05, 0) is 18.2 Å². The first-order chi connectivity index (χ1) is 7.18. The number of anilines is 1. The average molecular weight is 204 g/mol. The molecule has 76 valence electrons. The van der Waals surface area contributed by atoms with Crippen LogP contribution in [0.4, 0.5) is 5.69 Å². The number of carbonyl (C=O) groups is 1. The summed E-state index contributed by atoms with van der Waals surface area (Å²) in [5.74, 6) is -1.03. The molecule has 0 spiro atoms. The molecule has 1 aromatic heterocycles. The van der Waals surface area contributed by atoms with Gasteiger partial charge in [-0.25, -0.2) is 14.5 Å². The fourth-order valence-corrected chi connectivity index (χ4v) is 1.25. The predicted molar refractivity (Wildman–Crippen MR) is 52.7 cm³/mol. The molecule has 2 aromatic rings. The van der Waals surface area contributed by atoms with Gasteiger partial charge in [-0.1, -0.05) is 0 Å². The van der Waals surface area contributed by atoms with Crippen molar-refractivity contribution in [2.75, 3.05) is 5.73 Å². The molecular weight excluding hydrogens is 196 g/mol. The van der Waals surface area contributed by atoms with Crippen molar-refractivity contribution in [3.8, 4) is 5.69 Å². The van der Waals surface area contributed by atoms with Crippen LogP contribution in [0.1, 0.15) is 10.4 Å². The molecule has 0 saturated heterocycles. The van der Waals surface area contributed by atoms with Gasteiger partial charge in [0.25, 0.3) is 0 Å². The molecule has 1 aromatic carbocycles. The molecule has 0 amide bonds. The standard InChI is InChI=1S/C9H8N4O2/c10-6-1-2-7(9(14)15)8(3-6)13-5-11-4-12-13/h1-5H,10H2,(H,14,15). The van der Waals surface area contributed by atoms with E-state index in [0.717, 1.165) is 0 Å². The van der Waals surface area contributed by atoms with E-state index in [1.54, 1.807) is 0 Å². The molecule has 6 heteroatoms. The second-order valence-electron chi connectivity index (χ2n) is 2.92. The van der Waals surface area contributed by atoms with E-state index >= 15 is 0 Å². The summed E-state index contributed by atoms with van der Waals surface area (Å²) in [7, 11) is 0. The third-order valence-corrected chi connectivity index (χ3v) is 1.92. The molecule has 0 saturated carbocycles. The number of benzene rings is 1. The van der Waals surface area contributed by atoms with Gasteiger partial charge in [-0.15, -0.1) is 0 Å². The Morgan fingerprint density at radius 3 is 2.87 bits per heavy atom. The predicted octanol–water partition coefficient (Wildman–Crippen LogP) is 0.548. The van der Waals surface area contributed by atoms with Gasteiger partial charge >= 0.3 is 5.97 Å². The Balaban J connectivity index is 2.63. The fourth-order valence-electron chi connectivity index (χ4n) is 1.25. The Bertz CT molecular complexity index is 493. The fraction of sp³-hybridized carbons (Fsp3) is 0. The molecule has 2 rings (SSSR count). The Labute approximate surface area is 85.0 Å². The normalized spacial score (nSPS) is 10.1. The van der Waals surface area contributed by atoms with E-state index < -0.39 is 5.97 Å². The van der Waals surface area contributed by atoms with E-state index in [2.05, 4.69) is 10.1 Å². The first-order valence-corrected chi connectivity index (χ1v) is 4.16. The zero-order chi connectivity index (χ0) is 10.8. The van der Waals surface area contributed by atoms with E-state index in [9.17, 15) is 4.79 Å². The van der Waals surface area contributed by atoms with Crippen LogP contribution in [-0.2, 0) is 0 Å². The molecule has 0 radical (unpaired) electrons. The summed E-state index contributed by atoms with van der Waals surface area (Å²) >= 11 is 0. The molecule has 3 N–H and O–H groups in total. The van der Waals surface area contributed by atoms with Crippen molar-refractivity contribution < 1.29 is 9.90 Å². The second kappa shape index (κ2) is 3.41. The monoisotopic (exact) mass is 204 g/mol. The van der Waals surface area contributed by atoms with Crippen LogP contribution in [0.5, 0.6) is 0 Å². The highest BCUT2D eigenvalue weighted by Crippen LogP contribution is 2.16. The van der Waals surface area contributed by atoms with E-state index in [1.807, 2.05) is 0 Å². The minimum absolute atomic E-state index is 0.134. The third-order valence-electron chi connectivity index (χ3n) is 1.92. The number of carboxylic acid groups (broad SMARTS) is 1. The van der Waals surface area contributed by atoms with Crippen molar-refractivity contribution >= 4 is 11.7 Å². The van der Waals surface area contributed by atoms with E-state index in [-0.39, 0.29) is 5.56 Å². The van der Waals surface area contributed by atoms with Gasteiger partial charge in [0, 0.05) is 5.69 Å². The van der Waals surface area contributed by atoms with Crippen molar-refractivity contribution in [3.05, 3.63) is 36.4 Å². The molecule has 0 unspecified atom stereocenters. The van der Waals surface area contributed by atoms with Crippen LogP contribution in [-0.4, -0.2) is 25.8 Å². The highest BCUT2D eigenvalue weighted by atomic mass is 16.4. The molecule has 0 aliphatic carbocycles. The molecule has 0 aliphatic heterocycles. The lowest BCUT2D eigenvalue weighted by Crippen LogP contribution is -2.06. The van der Waals surface area contributed by atoms with Gasteiger partial charge in [0.05, 0.1) is 11.3 Å². The van der Waals surface area contributed by atoms with Gasteiger partial charge in [-0.3, -0.25) is 0 Å². The van der Waals surface area contributed by atoms with E-state index in [4.69, 9.17) is 10.8 Å². The maximum absolute atomic E-state index is 10.9. The molecule has 15 heavy (non-hydrogen) atoms. The molecule has 1 heterocycles. The SMILES string of the molecule is Nc1ccc(C(=O)O)c(-n2cncn2)c1. The molecular formula is C9H8N4O2. The maximum atomic E-state index is 10.9. The Kier molecular flexibility index (Phi) is 2.09. The minimum atomic E-state index is -1.03. The second-order valence-corrected chi connectivity index (χ2v) is 2.92. The highest BCUT2D eigenvalue weighted by Gasteiger charge is 2.11.